The molecule has 128 valence electrons. The summed E-state index contributed by atoms with van der Waals surface area (Å²) in [7, 11) is 6.11. The quantitative estimate of drug-likeness (QED) is 0.816. The van der Waals surface area contributed by atoms with Gasteiger partial charge < -0.3 is 24.1 Å². The maximum Gasteiger partial charge on any atom is 0.204 e. The van der Waals surface area contributed by atoms with E-state index >= 15 is 0 Å². The van der Waals surface area contributed by atoms with Crippen LogP contribution in [0.5, 0.6) is 17.2 Å². The van der Waals surface area contributed by atoms with Crippen LogP contribution in [0.15, 0.2) is 6.07 Å². The predicted molar refractivity (Wildman–Crippen MR) is 89.0 cm³/mol. The molecule has 1 aromatic rings. The molecule has 0 aliphatic heterocycles. The number of hydrogen-bond acceptors (Lipinski definition) is 5. The van der Waals surface area contributed by atoms with Gasteiger partial charge in [-0.3, -0.25) is 0 Å². The first kappa shape index (κ1) is 19.1. The zero-order valence-corrected chi connectivity index (χ0v) is 14.9. The highest BCUT2D eigenvalue weighted by Gasteiger charge is 2.44. The van der Waals surface area contributed by atoms with E-state index in [1.165, 1.54) is 21.3 Å². The highest BCUT2D eigenvalue weighted by Crippen LogP contribution is 2.50. The summed E-state index contributed by atoms with van der Waals surface area (Å²) in [5.41, 5.74) is -1.03. The van der Waals surface area contributed by atoms with Gasteiger partial charge in [0.25, 0.3) is 0 Å². The number of benzene rings is 1. The summed E-state index contributed by atoms with van der Waals surface area (Å²) in [4.78, 5) is 0. The molecule has 0 heterocycles. The van der Waals surface area contributed by atoms with E-state index in [0.717, 1.165) is 0 Å². The standard InChI is InChI=1S/C18H26O5/c1-9-18(19,17(2,3)4)13-10-12(11-20-5)14(21-6)16(23-8)15(13)22-7/h1,10,19H,11H2,2-8H3. The van der Waals surface area contributed by atoms with E-state index in [2.05, 4.69) is 5.92 Å². The van der Waals surface area contributed by atoms with Crippen molar-refractivity contribution in [2.75, 3.05) is 28.4 Å². The predicted octanol–water partition coefficient (Wildman–Crippen LogP) is 2.73. The first-order valence-electron chi connectivity index (χ1n) is 7.23. The fourth-order valence-corrected chi connectivity index (χ4v) is 2.52. The molecule has 0 radical (unpaired) electrons. The molecule has 1 aromatic carbocycles. The third kappa shape index (κ3) is 3.24. The SMILES string of the molecule is C#CC(O)(c1cc(COC)c(OC)c(OC)c1OC)C(C)(C)C. The topological polar surface area (TPSA) is 57.2 Å². The second-order valence-electron chi connectivity index (χ2n) is 6.22. The van der Waals surface area contributed by atoms with Crippen molar-refractivity contribution in [1.29, 1.82) is 0 Å². The summed E-state index contributed by atoms with van der Waals surface area (Å²) in [6.07, 6.45) is 5.68. The molecule has 0 amide bonds. The minimum atomic E-state index is -1.56. The van der Waals surface area contributed by atoms with Crippen molar-refractivity contribution in [3.63, 3.8) is 0 Å². The average Bonchev–Trinajstić information content (AvgIpc) is 2.51. The molecule has 23 heavy (non-hydrogen) atoms. The first-order chi connectivity index (χ1) is 10.7. The minimum Gasteiger partial charge on any atom is -0.492 e. The molecular weight excluding hydrogens is 296 g/mol. The van der Waals surface area contributed by atoms with Gasteiger partial charge in [-0.2, -0.15) is 0 Å². The lowest BCUT2D eigenvalue weighted by molar-refractivity contribution is -0.0111. The van der Waals surface area contributed by atoms with Crippen molar-refractivity contribution in [3.05, 3.63) is 17.2 Å². The Bertz CT molecular complexity index is 595. The number of ether oxygens (including phenoxy) is 4. The van der Waals surface area contributed by atoms with Crippen LogP contribution in [-0.2, 0) is 16.9 Å². The monoisotopic (exact) mass is 322 g/mol. The van der Waals surface area contributed by atoms with Gasteiger partial charge in [-0.15, -0.1) is 6.42 Å². The number of terminal acetylenes is 1. The average molecular weight is 322 g/mol. The molecule has 0 aromatic heterocycles. The number of methoxy groups -OCH3 is 4. The van der Waals surface area contributed by atoms with Gasteiger partial charge in [0, 0.05) is 23.7 Å². The molecule has 5 nitrogen and oxygen atoms in total. The fourth-order valence-electron chi connectivity index (χ4n) is 2.52. The van der Waals surface area contributed by atoms with E-state index in [9.17, 15) is 5.11 Å². The lowest BCUT2D eigenvalue weighted by Gasteiger charge is -2.37. The van der Waals surface area contributed by atoms with Crippen molar-refractivity contribution >= 4 is 0 Å². The molecule has 1 unspecified atom stereocenters. The van der Waals surface area contributed by atoms with Crippen LogP contribution < -0.4 is 14.2 Å². The largest absolute Gasteiger partial charge is 0.492 e. The number of rotatable bonds is 6. The Morgan fingerprint density at radius 2 is 1.52 bits per heavy atom. The van der Waals surface area contributed by atoms with Gasteiger partial charge in [0.05, 0.1) is 27.9 Å². The van der Waals surface area contributed by atoms with E-state index in [4.69, 9.17) is 25.4 Å². The Labute approximate surface area is 138 Å². The highest BCUT2D eigenvalue weighted by molar-refractivity contribution is 5.62. The summed E-state index contributed by atoms with van der Waals surface area (Å²) >= 11 is 0. The van der Waals surface area contributed by atoms with Crippen LogP contribution in [0.4, 0.5) is 0 Å². The zero-order chi connectivity index (χ0) is 17.8. The Morgan fingerprint density at radius 1 is 1.00 bits per heavy atom. The van der Waals surface area contributed by atoms with Gasteiger partial charge in [-0.05, 0) is 6.07 Å². The Balaban J connectivity index is 3.85. The molecule has 0 fully saturated rings. The van der Waals surface area contributed by atoms with Gasteiger partial charge in [-0.25, -0.2) is 0 Å². The normalized spacial score (nSPS) is 13.9. The van der Waals surface area contributed by atoms with Gasteiger partial charge in [0.15, 0.2) is 17.1 Å². The molecule has 0 saturated carbocycles. The number of hydrogen-bond donors (Lipinski definition) is 1. The maximum absolute atomic E-state index is 11.2. The van der Waals surface area contributed by atoms with Gasteiger partial charge >= 0.3 is 0 Å². The third-order valence-corrected chi connectivity index (χ3v) is 3.86. The van der Waals surface area contributed by atoms with Crippen molar-refractivity contribution < 1.29 is 24.1 Å². The van der Waals surface area contributed by atoms with Crippen molar-refractivity contribution in [1.82, 2.24) is 0 Å². The fraction of sp³-hybridized carbons (Fsp3) is 0.556. The summed E-state index contributed by atoms with van der Waals surface area (Å²) in [6, 6.07) is 1.74. The summed E-state index contributed by atoms with van der Waals surface area (Å²) < 4.78 is 21.6. The van der Waals surface area contributed by atoms with Crippen LogP contribution in [0.1, 0.15) is 31.9 Å². The molecule has 1 atom stereocenters. The summed E-state index contributed by atoms with van der Waals surface area (Å²) in [5.74, 6) is 3.71. The lowest BCUT2D eigenvalue weighted by Crippen LogP contribution is -2.39. The Morgan fingerprint density at radius 3 is 1.87 bits per heavy atom. The Hall–Kier alpha value is -1.90. The Kier molecular flexibility index (Phi) is 5.92. The number of aliphatic hydroxyl groups is 1. The van der Waals surface area contributed by atoms with Crippen LogP contribution in [0.25, 0.3) is 0 Å². The molecule has 0 aliphatic carbocycles. The lowest BCUT2D eigenvalue weighted by atomic mass is 9.72. The van der Waals surface area contributed by atoms with E-state index in [0.29, 0.717) is 28.4 Å². The molecule has 0 saturated heterocycles. The van der Waals surface area contributed by atoms with Crippen molar-refractivity contribution in [3.8, 4) is 29.6 Å². The van der Waals surface area contributed by atoms with E-state index in [1.807, 2.05) is 20.8 Å². The maximum atomic E-state index is 11.2. The molecule has 0 bridgehead atoms. The zero-order valence-electron chi connectivity index (χ0n) is 14.9. The second-order valence-corrected chi connectivity index (χ2v) is 6.22. The summed E-state index contributed by atoms with van der Waals surface area (Å²) in [6.45, 7) is 5.86. The van der Waals surface area contributed by atoms with E-state index < -0.39 is 11.0 Å². The van der Waals surface area contributed by atoms with Crippen molar-refractivity contribution in [2.45, 2.75) is 33.0 Å². The molecular formula is C18H26O5. The molecule has 1 N–H and O–H groups in total. The smallest absolute Gasteiger partial charge is 0.204 e. The van der Waals surface area contributed by atoms with E-state index in [1.54, 1.807) is 13.2 Å². The van der Waals surface area contributed by atoms with Crippen LogP contribution in [0, 0.1) is 17.8 Å². The highest BCUT2D eigenvalue weighted by atomic mass is 16.5. The van der Waals surface area contributed by atoms with Gasteiger partial charge in [-0.1, -0.05) is 26.7 Å². The molecule has 0 spiro atoms. The van der Waals surface area contributed by atoms with Crippen molar-refractivity contribution in [2.24, 2.45) is 5.41 Å². The first-order valence-corrected chi connectivity index (χ1v) is 7.23. The van der Waals surface area contributed by atoms with E-state index in [-0.39, 0.29) is 6.61 Å². The second kappa shape index (κ2) is 7.12. The van der Waals surface area contributed by atoms with Gasteiger partial charge in [0.2, 0.25) is 5.75 Å². The molecule has 5 heteroatoms. The molecule has 1 rings (SSSR count). The van der Waals surface area contributed by atoms with Crippen LogP contribution in [-0.4, -0.2) is 33.5 Å². The van der Waals surface area contributed by atoms with Crippen LogP contribution in [0.3, 0.4) is 0 Å². The van der Waals surface area contributed by atoms with Crippen LogP contribution in [0.2, 0.25) is 0 Å². The summed E-state index contributed by atoms with van der Waals surface area (Å²) in [5, 5.41) is 11.2. The molecule has 0 aliphatic rings. The van der Waals surface area contributed by atoms with Gasteiger partial charge in [0.1, 0.15) is 0 Å². The van der Waals surface area contributed by atoms with Crippen LogP contribution >= 0.6 is 0 Å². The third-order valence-electron chi connectivity index (χ3n) is 3.86. The minimum absolute atomic E-state index is 0.279.